The van der Waals surface area contributed by atoms with Crippen molar-refractivity contribution < 1.29 is 19.0 Å². The van der Waals surface area contributed by atoms with Crippen LogP contribution in [-0.4, -0.2) is 23.2 Å². The van der Waals surface area contributed by atoms with E-state index < -0.39 is 11.8 Å². The lowest BCUT2D eigenvalue weighted by molar-refractivity contribution is 0.0697. The average Bonchev–Trinajstić information content (AvgIpc) is 2.41. The molecular formula is C14H13FN2O3. The van der Waals surface area contributed by atoms with Gasteiger partial charge < -0.3 is 15.2 Å². The number of carboxylic acids is 1. The number of ether oxygens (including phenoxy) is 1. The predicted molar refractivity (Wildman–Crippen MR) is 72.2 cm³/mol. The standard InChI is InChI=1S/C14H13FN2O3/c1-8-3-4-12(20-2)11(5-8)17-13-10(14(18)19)6-9(15)7-16-13/h3-7H,1-2H3,(H,16,17)(H,18,19). The van der Waals surface area contributed by atoms with Gasteiger partial charge in [-0.05, 0) is 30.7 Å². The second-order valence-corrected chi connectivity index (χ2v) is 4.18. The molecule has 0 bridgehead atoms. The van der Waals surface area contributed by atoms with Crippen LogP contribution in [0.3, 0.4) is 0 Å². The highest BCUT2D eigenvalue weighted by Crippen LogP contribution is 2.29. The first-order valence-electron chi connectivity index (χ1n) is 5.81. The number of hydrogen-bond acceptors (Lipinski definition) is 4. The van der Waals surface area contributed by atoms with Crippen molar-refractivity contribution in [2.45, 2.75) is 6.92 Å². The summed E-state index contributed by atoms with van der Waals surface area (Å²) < 4.78 is 18.3. The highest BCUT2D eigenvalue weighted by molar-refractivity contribution is 5.94. The van der Waals surface area contributed by atoms with E-state index in [0.29, 0.717) is 11.4 Å². The molecule has 0 radical (unpaired) electrons. The molecule has 1 aromatic carbocycles. The summed E-state index contributed by atoms with van der Waals surface area (Å²) >= 11 is 0. The number of benzene rings is 1. The Hall–Kier alpha value is -2.63. The van der Waals surface area contributed by atoms with Crippen LogP contribution < -0.4 is 10.1 Å². The highest BCUT2D eigenvalue weighted by Gasteiger charge is 2.14. The maximum absolute atomic E-state index is 13.1. The molecule has 0 atom stereocenters. The molecular weight excluding hydrogens is 263 g/mol. The lowest BCUT2D eigenvalue weighted by Gasteiger charge is -2.13. The Morgan fingerprint density at radius 1 is 1.40 bits per heavy atom. The summed E-state index contributed by atoms with van der Waals surface area (Å²) in [6.07, 6.45) is 0.955. The fraction of sp³-hybridized carbons (Fsp3) is 0.143. The minimum Gasteiger partial charge on any atom is -0.495 e. The van der Waals surface area contributed by atoms with Crippen LogP contribution in [0.1, 0.15) is 15.9 Å². The second-order valence-electron chi connectivity index (χ2n) is 4.18. The van der Waals surface area contributed by atoms with Gasteiger partial charge >= 0.3 is 5.97 Å². The summed E-state index contributed by atoms with van der Waals surface area (Å²) in [6, 6.07) is 6.32. The summed E-state index contributed by atoms with van der Waals surface area (Å²) in [5.74, 6) is -1.36. The van der Waals surface area contributed by atoms with Crippen molar-refractivity contribution >= 4 is 17.5 Å². The minimum absolute atomic E-state index is 0.0581. The smallest absolute Gasteiger partial charge is 0.339 e. The molecule has 0 aliphatic heterocycles. The fourth-order valence-corrected chi connectivity index (χ4v) is 1.75. The number of nitrogens with zero attached hydrogens (tertiary/aromatic N) is 1. The number of aryl methyl sites for hydroxylation is 1. The molecule has 1 aromatic heterocycles. The van der Waals surface area contributed by atoms with Crippen molar-refractivity contribution in [3.05, 3.63) is 47.4 Å². The molecule has 2 N–H and O–H groups in total. The minimum atomic E-state index is -1.26. The quantitative estimate of drug-likeness (QED) is 0.898. The van der Waals surface area contributed by atoms with E-state index in [-0.39, 0.29) is 11.4 Å². The van der Waals surface area contributed by atoms with Gasteiger partial charge in [-0.3, -0.25) is 0 Å². The van der Waals surface area contributed by atoms with Gasteiger partial charge in [0.15, 0.2) is 0 Å². The van der Waals surface area contributed by atoms with Crippen molar-refractivity contribution in [1.82, 2.24) is 4.98 Å². The monoisotopic (exact) mass is 276 g/mol. The van der Waals surface area contributed by atoms with E-state index in [1.807, 2.05) is 13.0 Å². The molecule has 0 fully saturated rings. The third kappa shape index (κ3) is 2.85. The molecule has 0 saturated heterocycles. The Balaban J connectivity index is 2.44. The normalized spacial score (nSPS) is 10.2. The van der Waals surface area contributed by atoms with E-state index in [2.05, 4.69) is 10.3 Å². The number of rotatable bonds is 4. The van der Waals surface area contributed by atoms with Crippen LogP contribution in [-0.2, 0) is 0 Å². The van der Waals surface area contributed by atoms with Crippen molar-refractivity contribution in [2.24, 2.45) is 0 Å². The number of carbonyl (C=O) groups is 1. The third-order valence-corrected chi connectivity index (χ3v) is 2.69. The zero-order chi connectivity index (χ0) is 14.7. The van der Waals surface area contributed by atoms with Gasteiger partial charge in [0, 0.05) is 0 Å². The molecule has 0 aliphatic rings. The molecule has 2 rings (SSSR count). The molecule has 2 aromatic rings. The second kappa shape index (κ2) is 5.56. The van der Waals surface area contributed by atoms with E-state index in [1.165, 1.54) is 7.11 Å². The van der Waals surface area contributed by atoms with Crippen LogP contribution in [0.4, 0.5) is 15.9 Å². The van der Waals surface area contributed by atoms with Crippen LogP contribution in [0.5, 0.6) is 5.75 Å². The SMILES string of the molecule is COc1ccc(C)cc1Nc1ncc(F)cc1C(=O)O. The number of hydrogen-bond donors (Lipinski definition) is 2. The molecule has 0 aliphatic carbocycles. The Kier molecular flexibility index (Phi) is 3.84. The maximum atomic E-state index is 13.1. The van der Waals surface area contributed by atoms with Gasteiger partial charge in [0.1, 0.15) is 22.9 Å². The molecule has 0 spiro atoms. The zero-order valence-corrected chi connectivity index (χ0v) is 11.0. The first-order chi connectivity index (χ1) is 9.51. The molecule has 0 amide bonds. The molecule has 20 heavy (non-hydrogen) atoms. The predicted octanol–water partition coefficient (Wildman–Crippen LogP) is 2.98. The van der Waals surface area contributed by atoms with Crippen LogP contribution in [0.25, 0.3) is 0 Å². The summed E-state index contributed by atoms with van der Waals surface area (Å²) in [5.41, 5.74) is 1.29. The Morgan fingerprint density at radius 3 is 2.80 bits per heavy atom. The zero-order valence-electron chi connectivity index (χ0n) is 11.0. The lowest BCUT2D eigenvalue weighted by Crippen LogP contribution is -2.06. The number of methoxy groups -OCH3 is 1. The van der Waals surface area contributed by atoms with Crippen LogP contribution in [0.15, 0.2) is 30.5 Å². The van der Waals surface area contributed by atoms with Crippen molar-refractivity contribution in [1.29, 1.82) is 0 Å². The summed E-state index contributed by atoms with van der Waals surface area (Å²) in [5, 5.41) is 11.9. The summed E-state index contributed by atoms with van der Waals surface area (Å²) in [7, 11) is 1.51. The van der Waals surface area contributed by atoms with Gasteiger partial charge in [-0.15, -0.1) is 0 Å². The molecule has 6 heteroatoms. The van der Waals surface area contributed by atoms with E-state index >= 15 is 0 Å². The number of nitrogens with one attached hydrogen (secondary N) is 1. The van der Waals surface area contributed by atoms with Crippen molar-refractivity contribution in [3.63, 3.8) is 0 Å². The number of anilines is 2. The molecule has 0 unspecified atom stereocenters. The van der Waals surface area contributed by atoms with Crippen LogP contribution in [0, 0.1) is 12.7 Å². The lowest BCUT2D eigenvalue weighted by atomic mass is 10.2. The summed E-state index contributed by atoms with van der Waals surface area (Å²) in [6.45, 7) is 1.89. The first-order valence-corrected chi connectivity index (χ1v) is 5.81. The van der Waals surface area contributed by atoms with E-state index in [0.717, 1.165) is 17.8 Å². The van der Waals surface area contributed by atoms with E-state index in [4.69, 9.17) is 9.84 Å². The van der Waals surface area contributed by atoms with Gasteiger partial charge in [-0.25, -0.2) is 14.2 Å². The molecule has 1 heterocycles. The van der Waals surface area contributed by atoms with Gasteiger partial charge in [-0.2, -0.15) is 0 Å². The largest absolute Gasteiger partial charge is 0.495 e. The Bertz CT molecular complexity index is 659. The number of aromatic nitrogens is 1. The van der Waals surface area contributed by atoms with E-state index in [9.17, 15) is 9.18 Å². The van der Waals surface area contributed by atoms with E-state index in [1.54, 1.807) is 12.1 Å². The van der Waals surface area contributed by atoms with Crippen molar-refractivity contribution in [3.8, 4) is 5.75 Å². The number of aromatic carboxylic acids is 1. The topological polar surface area (TPSA) is 71.5 Å². The number of pyridine rings is 1. The van der Waals surface area contributed by atoms with Gasteiger partial charge in [0.05, 0.1) is 19.0 Å². The van der Waals surface area contributed by atoms with Crippen molar-refractivity contribution in [2.75, 3.05) is 12.4 Å². The Labute approximate surface area is 115 Å². The first kappa shape index (κ1) is 13.8. The maximum Gasteiger partial charge on any atom is 0.339 e. The van der Waals surface area contributed by atoms with Gasteiger partial charge in [-0.1, -0.05) is 6.07 Å². The molecule has 5 nitrogen and oxygen atoms in total. The number of halogens is 1. The Morgan fingerprint density at radius 2 is 2.15 bits per heavy atom. The third-order valence-electron chi connectivity index (χ3n) is 2.69. The van der Waals surface area contributed by atoms with Gasteiger partial charge in [0.25, 0.3) is 0 Å². The van der Waals surface area contributed by atoms with Gasteiger partial charge in [0.2, 0.25) is 0 Å². The molecule has 0 saturated carbocycles. The summed E-state index contributed by atoms with van der Waals surface area (Å²) in [4.78, 5) is 14.9. The number of carboxylic acid groups (broad SMARTS) is 1. The van der Waals surface area contributed by atoms with Crippen LogP contribution >= 0.6 is 0 Å². The highest BCUT2D eigenvalue weighted by atomic mass is 19.1. The fourth-order valence-electron chi connectivity index (χ4n) is 1.75. The average molecular weight is 276 g/mol. The molecule has 104 valence electrons. The van der Waals surface area contributed by atoms with Crippen LogP contribution in [0.2, 0.25) is 0 Å².